The van der Waals surface area contributed by atoms with Gasteiger partial charge in [-0.1, -0.05) is 6.92 Å². The Balaban J connectivity index is 4.57. The Morgan fingerprint density at radius 1 is 1.36 bits per heavy atom. The molecule has 0 bridgehead atoms. The summed E-state index contributed by atoms with van der Waals surface area (Å²) in [7, 11) is -5.76. The Bertz CT molecular complexity index is 236. The molecule has 0 aromatic carbocycles. The van der Waals surface area contributed by atoms with Gasteiger partial charge in [0.2, 0.25) is 5.85 Å². The number of halogens is 5. The summed E-state index contributed by atoms with van der Waals surface area (Å²) in [5.74, 6) is -3.50. The molecule has 3 nitrogen and oxygen atoms in total. The van der Waals surface area contributed by atoms with E-state index in [9.17, 15) is 26.3 Å². The molecule has 0 amide bonds. The molecule has 0 rings (SSSR count). The Morgan fingerprint density at radius 2 is 1.79 bits per heavy atom. The van der Waals surface area contributed by atoms with Crippen LogP contribution < -0.4 is 0 Å². The highest BCUT2D eigenvalue weighted by atomic mass is 31.2. The number of hydrogen-bond donors (Lipinski definition) is 1. The van der Waals surface area contributed by atoms with Crippen molar-refractivity contribution in [2.75, 3.05) is 0 Å². The second-order valence-corrected chi connectivity index (χ2v) is 3.66. The molecule has 2 unspecified atom stereocenters. The van der Waals surface area contributed by atoms with Crippen LogP contribution in [0.5, 0.6) is 0 Å². The molecule has 0 aliphatic carbocycles. The van der Waals surface area contributed by atoms with Crippen LogP contribution in [0.2, 0.25) is 0 Å². The molecule has 0 radical (unpaired) electrons. The van der Waals surface area contributed by atoms with Gasteiger partial charge in [0.05, 0.1) is 0 Å². The maximum Gasteiger partial charge on any atom is 0.513 e. The quantitative estimate of drug-likeness (QED) is 0.608. The van der Waals surface area contributed by atoms with Crippen LogP contribution in [0, 0.1) is 0 Å². The third kappa shape index (κ3) is 6.28. The van der Waals surface area contributed by atoms with Crippen LogP contribution >= 0.6 is 7.91 Å². The van der Waals surface area contributed by atoms with Gasteiger partial charge in [-0.15, -0.1) is 4.20 Å². The van der Waals surface area contributed by atoms with Gasteiger partial charge < -0.3 is 0 Å². The highest BCUT2D eigenvalue weighted by Crippen LogP contribution is 2.51. The molecular formula is C5H8F5O3P. The summed E-state index contributed by atoms with van der Waals surface area (Å²) in [6.07, 6.45) is -7.97. The van der Waals surface area contributed by atoms with E-state index in [2.05, 4.69) is 4.52 Å². The van der Waals surface area contributed by atoms with Gasteiger partial charge in [0.15, 0.2) is 0 Å². The monoisotopic (exact) mass is 242 g/mol. The van der Waals surface area contributed by atoms with Crippen molar-refractivity contribution in [3.05, 3.63) is 0 Å². The summed E-state index contributed by atoms with van der Waals surface area (Å²) in [4.78, 5) is 7.94. The predicted octanol–water partition coefficient (Wildman–Crippen LogP) is 3.10. The predicted molar refractivity (Wildman–Crippen MR) is 36.8 cm³/mol. The first-order valence-electron chi connectivity index (χ1n) is 3.46. The van der Waals surface area contributed by atoms with Crippen molar-refractivity contribution in [1.29, 1.82) is 0 Å². The van der Waals surface area contributed by atoms with E-state index in [0.717, 1.165) is 6.92 Å². The highest BCUT2D eigenvalue weighted by molar-refractivity contribution is 7.46. The first kappa shape index (κ1) is 13.8. The fourth-order valence-electron chi connectivity index (χ4n) is 0.723. The van der Waals surface area contributed by atoms with Crippen molar-refractivity contribution in [1.82, 2.24) is 0 Å². The van der Waals surface area contributed by atoms with Gasteiger partial charge in [0.1, 0.15) is 6.42 Å². The van der Waals surface area contributed by atoms with Crippen molar-refractivity contribution in [2.24, 2.45) is 0 Å². The fourth-order valence-corrected chi connectivity index (χ4v) is 1.32. The molecule has 0 saturated heterocycles. The molecule has 86 valence electrons. The number of rotatable bonds is 4. The minimum absolute atomic E-state index is 0.888. The first-order valence-corrected chi connectivity index (χ1v) is 4.93. The second kappa shape index (κ2) is 4.12. The molecule has 0 heterocycles. The molecular weight excluding hydrogens is 234 g/mol. The Labute approximate surface area is 76.5 Å². The van der Waals surface area contributed by atoms with Crippen molar-refractivity contribution in [3.8, 4) is 0 Å². The summed E-state index contributed by atoms with van der Waals surface area (Å²) in [6.45, 7) is 0.932. The van der Waals surface area contributed by atoms with Crippen molar-refractivity contribution in [3.63, 3.8) is 0 Å². The smallest absolute Gasteiger partial charge is 0.299 e. The molecule has 9 heteroatoms. The van der Waals surface area contributed by atoms with Gasteiger partial charge in [-0.2, -0.15) is 13.2 Å². The van der Waals surface area contributed by atoms with Gasteiger partial charge in [0, 0.05) is 6.42 Å². The van der Waals surface area contributed by atoms with Crippen LogP contribution in [-0.4, -0.2) is 16.9 Å². The van der Waals surface area contributed by atoms with Crippen LogP contribution in [0.1, 0.15) is 19.8 Å². The van der Waals surface area contributed by atoms with E-state index >= 15 is 0 Å². The summed E-state index contributed by atoms with van der Waals surface area (Å²) in [5, 5.41) is 0. The zero-order chi connectivity index (χ0) is 11.6. The molecule has 0 aromatic heterocycles. The third-order valence-electron chi connectivity index (χ3n) is 1.27. The zero-order valence-electron chi connectivity index (χ0n) is 7.01. The van der Waals surface area contributed by atoms with Crippen LogP contribution in [0.15, 0.2) is 0 Å². The van der Waals surface area contributed by atoms with E-state index < -0.39 is 32.8 Å². The van der Waals surface area contributed by atoms with E-state index in [0.29, 0.717) is 0 Å². The molecule has 1 N–H and O–H groups in total. The first-order chi connectivity index (χ1) is 5.97. The van der Waals surface area contributed by atoms with Crippen molar-refractivity contribution in [2.45, 2.75) is 31.8 Å². The van der Waals surface area contributed by atoms with Gasteiger partial charge in [-0.25, -0.2) is 13.5 Å². The second-order valence-electron chi connectivity index (χ2n) is 2.57. The van der Waals surface area contributed by atoms with Gasteiger partial charge in [-0.3, -0.25) is 4.89 Å². The van der Waals surface area contributed by atoms with Gasteiger partial charge in [0.25, 0.3) is 0 Å². The third-order valence-corrected chi connectivity index (χ3v) is 1.82. The molecule has 14 heavy (non-hydrogen) atoms. The summed E-state index contributed by atoms with van der Waals surface area (Å²) < 4.78 is 73.2. The number of alkyl halides is 4. The molecule has 0 aromatic rings. The Hall–Kier alpha value is -0.200. The van der Waals surface area contributed by atoms with Crippen LogP contribution in [-0.2, 0) is 9.09 Å². The van der Waals surface area contributed by atoms with E-state index in [1.165, 1.54) is 0 Å². The fraction of sp³-hybridized carbons (Fsp3) is 1.00. The van der Waals surface area contributed by atoms with Crippen molar-refractivity contribution < 1.29 is 35.7 Å². The van der Waals surface area contributed by atoms with Crippen LogP contribution in [0.3, 0.4) is 0 Å². The standard InChI is InChI=1S/C5H8F5O3P/c1-2-4(6,3-5(7,8)9)13-14(10,11)12/h2-3H2,1H3,(H,11,12). The average Bonchev–Trinajstić information content (AvgIpc) is 1.78. The largest absolute Gasteiger partial charge is 0.513 e. The highest BCUT2D eigenvalue weighted by Gasteiger charge is 2.47. The number of hydrogen-bond acceptors (Lipinski definition) is 2. The van der Waals surface area contributed by atoms with E-state index in [1.807, 2.05) is 0 Å². The van der Waals surface area contributed by atoms with Crippen LogP contribution in [0.25, 0.3) is 0 Å². The molecule has 0 aliphatic heterocycles. The van der Waals surface area contributed by atoms with Gasteiger partial charge in [-0.05, 0) is 0 Å². The van der Waals surface area contributed by atoms with E-state index in [4.69, 9.17) is 4.89 Å². The summed E-state index contributed by atoms with van der Waals surface area (Å²) in [5.41, 5.74) is 0. The molecule has 0 fully saturated rings. The lowest BCUT2D eigenvalue weighted by Crippen LogP contribution is -2.31. The maximum atomic E-state index is 13.0. The Morgan fingerprint density at radius 3 is 2.00 bits per heavy atom. The molecule has 0 saturated carbocycles. The minimum atomic E-state index is -5.76. The molecule has 0 aliphatic rings. The molecule has 2 atom stereocenters. The van der Waals surface area contributed by atoms with Crippen LogP contribution in [0.4, 0.5) is 21.8 Å². The Kier molecular flexibility index (Phi) is 4.06. The molecule has 0 spiro atoms. The summed E-state index contributed by atoms with van der Waals surface area (Å²) in [6, 6.07) is 0. The SMILES string of the molecule is CCC(F)(CC(F)(F)F)OP(=O)(O)F. The van der Waals surface area contributed by atoms with E-state index in [-0.39, 0.29) is 0 Å². The normalized spacial score (nSPS) is 21.4. The zero-order valence-corrected chi connectivity index (χ0v) is 7.91. The maximum absolute atomic E-state index is 13.0. The lowest BCUT2D eigenvalue weighted by molar-refractivity contribution is -0.206. The van der Waals surface area contributed by atoms with Gasteiger partial charge >= 0.3 is 14.1 Å². The lowest BCUT2D eigenvalue weighted by atomic mass is 10.1. The average molecular weight is 242 g/mol. The topological polar surface area (TPSA) is 46.5 Å². The van der Waals surface area contributed by atoms with Crippen molar-refractivity contribution >= 4 is 7.91 Å². The summed E-state index contributed by atoms with van der Waals surface area (Å²) >= 11 is 0. The van der Waals surface area contributed by atoms with E-state index in [1.54, 1.807) is 0 Å². The minimum Gasteiger partial charge on any atom is -0.299 e. The lowest BCUT2D eigenvalue weighted by Gasteiger charge is -2.24.